The highest BCUT2D eigenvalue weighted by atomic mass is 32.2. The fraction of sp³-hybridized carbons (Fsp3) is 0.381. The maximum absolute atomic E-state index is 12.2. The van der Waals surface area contributed by atoms with Crippen molar-refractivity contribution in [2.75, 3.05) is 22.4 Å². The summed E-state index contributed by atoms with van der Waals surface area (Å²) in [7, 11) is -3.41. The van der Waals surface area contributed by atoms with Crippen molar-refractivity contribution in [1.82, 2.24) is 0 Å². The van der Waals surface area contributed by atoms with Crippen molar-refractivity contribution in [2.45, 2.75) is 40.0 Å². The number of aryl methyl sites for hydroxylation is 3. The molecule has 0 aliphatic rings. The average Bonchev–Trinajstić information content (AvgIpc) is 2.57. The van der Waals surface area contributed by atoms with Gasteiger partial charge in [-0.05, 0) is 67.6 Å². The van der Waals surface area contributed by atoms with Gasteiger partial charge in [-0.2, -0.15) is 0 Å². The van der Waals surface area contributed by atoms with Crippen LogP contribution in [0.4, 0.5) is 11.4 Å². The molecule has 0 unspecified atom stereocenters. The number of carbonyl (C=O) groups is 1. The first-order valence-electron chi connectivity index (χ1n) is 9.14. The first kappa shape index (κ1) is 21.0. The number of amides is 1. The van der Waals surface area contributed by atoms with Crippen molar-refractivity contribution in [1.29, 1.82) is 0 Å². The normalized spacial score (nSPS) is 11.3. The van der Waals surface area contributed by atoms with Gasteiger partial charge in [-0.1, -0.05) is 25.1 Å². The second-order valence-corrected chi connectivity index (χ2v) is 8.79. The first-order valence-corrected chi connectivity index (χ1v) is 11.0. The monoisotopic (exact) mass is 388 g/mol. The van der Waals surface area contributed by atoms with E-state index in [2.05, 4.69) is 12.2 Å². The van der Waals surface area contributed by atoms with Gasteiger partial charge in [0.05, 0.1) is 11.9 Å². The minimum atomic E-state index is -3.41. The third-order valence-corrected chi connectivity index (χ3v) is 5.50. The maximum atomic E-state index is 12.2. The van der Waals surface area contributed by atoms with Crippen LogP contribution in [-0.2, 0) is 21.2 Å². The number of anilines is 2. The second kappa shape index (κ2) is 9.04. The SMILES string of the molecule is CCc1ccc(NC(=O)CCCN(c2cc(C)cc(C)c2)S(C)(=O)=O)cc1. The van der Waals surface area contributed by atoms with E-state index in [1.807, 2.05) is 56.3 Å². The zero-order valence-electron chi connectivity index (χ0n) is 16.5. The number of hydrogen-bond donors (Lipinski definition) is 1. The van der Waals surface area contributed by atoms with Crippen molar-refractivity contribution >= 4 is 27.3 Å². The number of carbonyl (C=O) groups excluding carboxylic acids is 1. The van der Waals surface area contributed by atoms with Gasteiger partial charge in [-0.25, -0.2) is 8.42 Å². The van der Waals surface area contributed by atoms with Crippen molar-refractivity contribution in [2.24, 2.45) is 0 Å². The number of sulfonamides is 1. The number of nitrogens with zero attached hydrogens (tertiary/aromatic N) is 1. The lowest BCUT2D eigenvalue weighted by Gasteiger charge is -2.23. The fourth-order valence-electron chi connectivity index (χ4n) is 3.01. The average molecular weight is 389 g/mol. The van der Waals surface area contributed by atoms with Crippen LogP contribution in [-0.4, -0.2) is 27.1 Å². The summed E-state index contributed by atoms with van der Waals surface area (Å²) < 4.78 is 25.8. The van der Waals surface area contributed by atoms with E-state index in [1.54, 1.807) is 0 Å². The number of rotatable bonds is 8. The van der Waals surface area contributed by atoms with Gasteiger partial charge in [-0.15, -0.1) is 0 Å². The van der Waals surface area contributed by atoms with E-state index in [1.165, 1.54) is 16.1 Å². The Hall–Kier alpha value is -2.34. The molecule has 2 aromatic carbocycles. The van der Waals surface area contributed by atoms with E-state index in [-0.39, 0.29) is 18.9 Å². The predicted molar refractivity (Wildman–Crippen MR) is 112 cm³/mol. The van der Waals surface area contributed by atoms with Crippen molar-refractivity contribution < 1.29 is 13.2 Å². The molecule has 0 aromatic heterocycles. The lowest BCUT2D eigenvalue weighted by Crippen LogP contribution is -2.31. The molecule has 0 saturated heterocycles. The fourth-order valence-corrected chi connectivity index (χ4v) is 3.96. The topological polar surface area (TPSA) is 66.5 Å². The molecule has 0 bridgehead atoms. The van der Waals surface area contributed by atoms with Crippen molar-refractivity contribution in [3.8, 4) is 0 Å². The van der Waals surface area contributed by atoms with E-state index < -0.39 is 10.0 Å². The Kier molecular flexibility index (Phi) is 7.02. The van der Waals surface area contributed by atoms with E-state index in [9.17, 15) is 13.2 Å². The zero-order chi connectivity index (χ0) is 20.0. The van der Waals surface area contributed by atoms with Crippen molar-refractivity contribution in [3.05, 3.63) is 59.2 Å². The summed E-state index contributed by atoms with van der Waals surface area (Å²) in [6, 6.07) is 13.4. The first-order chi connectivity index (χ1) is 12.7. The Labute approximate surface area is 162 Å². The molecule has 0 aliphatic carbocycles. The van der Waals surface area contributed by atoms with Crippen LogP contribution in [0.2, 0.25) is 0 Å². The molecule has 2 aromatic rings. The van der Waals surface area contributed by atoms with Gasteiger partial charge < -0.3 is 5.32 Å². The molecule has 0 spiro atoms. The van der Waals surface area contributed by atoms with Crippen LogP contribution in [0.3, 0.4) is 0 Å². The molecule has 27 heavy (non-hydrogen) atoms. The summed E-state index contributed by atoms with van der Waals surface area (Å²) in [5.41, 5.74) is 4.63. The Bertz CT molecular complexity index is 870. The van der Waals surface area contributed by atoms with Crippen LogP contribution in [0.5, 0.6) is 0 Å². The van der Waals surface area contributed by atoms with Gasteiger partial charge in [0.15, 0.2) is 0 Å². The van der Waals surface area contributed by atoms with Crippen molar-refractivity contribution in [3.63, 3.8) is 0 Å². The molecular formula is C21H28N2O3S. The molecule has 5 nitrogen and oxygen atoms in total. The minimum Gasteiger partial charge on any atom is -0.326 e. The summed E-state index contributed by atoms with van der Waals surface area (Å²) in [6.07, 6.45) is 2.85. The molecule has 0 fully saturated rings. The van der Waals surface area contributed by atoms with Crippen LogP contribution in [0.25, 0.3) is 0 Å². The summed E-state index contributed by atoms with van der Waals surface area (Å²) in [4.78, 5) is 12.2. The summed E-state index contributed by atoms with van der Waals surface area (Å²) >= 11 is 0. The highest BCUT2D eigenvalue weighted by molar-refractivity contribution is 7.92. The second-order valence-electron chi connectivity index (χ2n) is 6.88. The lowest BCUT2D eigenvalue weighted by atomic mass is 10.1. The number of benzene rings is 2. The predicted octanol–water partition coefficient (Wildman–Crippen LogP) is 4.05. The van der Waals surface area contributed by atoms with Gasteiger partial charge in [0.1, 0.15) is 0 Å². The molecule has 6 heteroatoms. The Balaban J connectivity index is 1.97. The minimum absolute atomic E-state index is 0.117. The number of nitrogens with one attached hydrogen (secondary N) is 1. The Morgan fingerprint density at radius 2 is 1.63 bits per heavy atom. The Morgan fingerprint density at radius 3 is 2.15 bits per heavy atom. The van der Waals surface area contributed by atoms with Gasteiger partial charge >= 0.3 is 0 Å². The lowest BCUT2D eigenvalue weighted by molar-refractivity contribution is -0.116. The highest BCUT2D eigenvalue weighted by Crippen LogP contribution is 2.22. The molecule has 0 aliphatic heterocycles. The standard InChI is InChI=1S/C21H28N2O3S/c1-5-18-8-10-19(11-9-18)22-21(24)7-6-12-23(27(4,25)26)20-14-16(2)13-17(3)15-20/h8-11,13-15H,5-7,12H2,1-4H3,(H,22,24). The van der Waals surface area contributed by atoms with Crippen LogP contribution in [0.1, 0.15) is 36.5 Å². The van der Waals surface area contributed by atoms with Crippen LogP contribution in [0, 0.1) is 13.8 Å². The molecule has 0 atom stereocenters. The zero-order valence-corrected chi connectivity index (χ0v) is 17.3. The highest BCUT2D eigenvalue weighted by Gasteiger charge is 2.18. The molecule has 146 valence electrons. The van der Waals surface area contributed by atoms with Gasteiger partial charge in [0.25, 0.3) is 0 Å². The summed E-state index contributed by atoms with van der Waals surface area (Å²) in [6.45, 7) is 6.23. The molecule has 1 N–H and O–H groups in total. The molecule has 0 radical (unpaired) electrons. The maximum Gasteiger partial charge on any atom is 0.232 e. The van der Waals surface area contributed by atoms with E-state index >= 15 is 0 Å². The largest absolute Gasteiger partial charge is 0.326 e. The molecule has 2 rings (SSSR count). The third kappa shape index (κ3) is 6.40. The van der Waals surface area contributed by atoms with Crippen LogP contribution >= 0.6 is 0 Å². The molecular weight excluding hydrogens is 360 g/mol. The smallest absolute Gasteiger partial charge is 0.232 e. The molecule has 0 heterocycles. The van der Waals surface area contributed by atoms with Crippen LogP contribution < -0.4 is 9.62 Å². The quantitative estimate of drug-likeness (QED) is 0.742. The van der Waals surface area contributed by atoms with E-state index in [0.717, 1.165) is 23.2 Å². The van der Waals surface area contributed by atoms with Gasteiger partial charge in [-0.3, -0.25) is 9.10 Å². The Morgan fingerprint density at radius 1 is 1.04 bits per heavy atom. The van der Waals surface area contributed by atoms with E-state index in [4.69, 9.17) is 0 Å². The third-order valence-electron chi connectivity index (χ3n) is 4.31. The summed E-state index contributed by atoms with van der Waals surface area (Å²) in [5.74, 6) is -0.117. The van der Waals surface area contributed by atoms with E-state index in [0.29, 0.717) is 12.1 Å². The van der Waals surface area contributed by atoms with Gasteiger partial charge in [0.2, 0.25) is 15.9 Å². The van der Waals surface area contributed by atoms with Gasteiger partial charge in [0, 0.05) is 18.7 Å². The summed E-state index contributed by atoms with van der Waals surface area (Å²) in [5, 5.41) is 2.86. The van der Waals surface area contributed by atoms with Crippen LogP contribution in [0.15, 0.2) is 42.5 Å². The molecule has 1 amide bonds. The number of hydrogen-bond acceptors (Lipinski definition) is 3. The molecule has 0 saturated carbocycles.